The number of amidine groups is 1. The van der Waals surface area contributed by atoms with Crippen LogP contribution in [0.1, 0.15) is 37.2 Å². The molecule has 2 unspecified atom stereocenters. The summed E-state index contributed by atoms with van der Waals surface area (Å²) in [6, 6.07) is 10.3. The molecule has 0 aromatic heterocycles. The fourth-order valence-electron chi connectivity index (χ4n) is 2.96. The Labute approximate surface area is 117 Å². The minimum atomic E-state index is -0.779. The van der Waals surface area contributed by atoms with E-state index in [0.717, 1.165) is 12.8 Å². The Morgan fingerprint density at radius 1 is 1.35 bits per heavy atom. The van der Waals surface area contributed by atoms with E-state index in [4.69, 9.17) is 10.9 Å². The molecule has 1 aromatic rings. The van der Waals surface area contributed by atoms with Crippen LogP contribution in [0.4, 0.5) is 0 Å². The third-order valence-electron chi connectivity index (χ3n) is 4.57. The van der Waals surface area contributed by atoms with Gasteiger partial charge in [-0.15, -0.1) is 0 Å². The Hall–Kier alpha value is -2.04. The molecule has 2 saturated carbocycles. The van der Waals surface area contributed by atoms with Gasteiger partial charge in [-0.2, -0.15) is 0 Å². The number of benzene rings is 1. The molecule has 2 aliphatic rings. The van der Waals surface area contributed by atoms with E-state index in [1.165, 1.54) is 5.56 Å². The first kappa shape index (κ1) is 13.0. The second kappa shape index (κ2) is 4.81. The van der Waals surface area contributed by atoms with Crippen molar-refractivity contribution in [1.29, 1.82) is 0 Å². The highest BCUT2D eigenvalue weighted by atomic mass is 16.4. The van der Waals surface area contributed by atoms with Crippen molar-refractivity contribution in [3.05, 3.63) is 35.9 Å². The molecule has 5 nitrogen and oxygen atoms in total. The largest absolute Gasteiger partial charge is 0.409 e. The number of nitrogens with two attached hydrogens (primary N) is 1. The summed E-state index contributed by atoms with van der Waals surface area (Å²) in [5, 5.41) is 14.9. The van der Waals surface area contributed by atoms with Crippen molar-refractivity contribution in [1.82, 2.24) is 5.32 Å². The number of hydrogen-bond donors (Lipinski definition) is 3. The Morgan fingerprint density at radius 2 is 2.05 bits per heavy atom. The number of rotatable bonds is 4. The molecule has 106 valence electrons. The fourth-order valence-corrected chi connectivity index (χ4v) is 2.96. The predicted molar refractivity (Wildman–Crippen MR) is 75.4 cm³/mol. The van der Waals surface area contributed by atoms with E-state index in [1.807, 2.05) is 18.2 Å². The molecule has 1 amide bonds. The van der Waals surface area contributed by atoms with E-state index in [9.17, 15) is 4.79 Å². The molecule has 3 rings (SSSR count). The van der Waals surface area contributed by atoms with Crippen LogP contribution in [0.3, 0.4) is 0 Å². The van der Waals surface area contributed by atoms with Crippen molar-refractivity contribution in [2.24, 2.45) is 16.3 Å². The zero-order valence-corrected chi connectivity index (χ0v) is 11.2. The Balaban J connectivity index is 1.64. The highest BCUT2D eigenvalue weighted by Gasteiger charge is 2.51. The van der Waals surface area contributed by atoms with Gasteiger partial charge in [-0.25, -0.2) is 0 Å². The fraction of sp³-hybridized carbons (Fsp3) is 0.467. The number of oxime groups is 1. The summed E-state index contributed by atoms with van der Waals surface area (Å²) in [4.78, 5) is 12.4. The number of carbonyl (C=O) groups excluding carboxylic acids is 1. The second-order valence-electron chi connectivity index (χ2n) is 5.75. The summed E-state index contributed by atoms with van der Waals surface area (Å²) in [6.07, 6.45) is 3.23. The highest BCUT2D eigenvalue weighted by molar-refractivity contribution is 6.07. The van der Waals surface area contributed by atoms with E-state index >= 15 is 0 Å². The number of nitrogens with one attached hydrogen (secondary N) is 1. The van der Waals surface area contributed by atoms with E-state index < -0.39 is 5.41 Å². The van der Waals surface area contributed by atoms with Crippen LogP contribution in [0.25, 0.3) is 0 Å². The van der Waals surface area contributed by atoms with Gasteiger partial charge in [0.15, 0.2) is 5.84 Å². The maximum Gasteiger partial charge on any atom is 0.234 e. The monoisotopic (exact) mass is 273 g/mol. The molecule has 0 saturated heterocycles. The summed E-state index contributed by atoms with van der Waals surface area (Å²) in [5.74, 6) is 0.338. The quantitative estimate of drug-likeness (QED) is 0.337. The number of nitrogens with zero attached hydrogens (tertiary/aromatic N) is 1. The van der Waals surface area contributed by atoms with Crippen molar-refractivity contribution in [2.45, 2.75) is 37.6 Å². The topological polar surface area (TPSA) is 87.7 Å². The van der Waals surface area contributed by atoms with Crippen molar-refractivity contribution < 1.29 is 10.0 Å². The molecule has 0 heterocycles. The molecular weight excluding hydrogens is 254 g/mol. The van der Waals surface area contributed by atoms with Crippen LogP contribution in [0.2, 0.25) is 0 Å². The molecule has 0 bridgehead atoms. The molecule has 0 spiro atoms. The first-order valence-electron chi connectivity index (χ1n) is 7.01. The molecule has 4 N–H and O–H groups in total. The van der Waals surface area contributed by atoms with Crippen LogP contribution in [-0.4, -0.2) is 23.0 Å². The van der Waals surface area contributed by atoms with E-state index in [0.29, 0.717) is 18.8 Å². The van der Waals surface area contributed by atoms with Crippen LogP contribution >= 0.6 is 0 Å². The third-order valence-corrected chi connectivity index (χ3v) is 4.57. The lowest BCUT2D eigenvalue weighted by Crippen LogP contribution is -2.54. The molecule has 1 aromatic carbocycles. The Bertz CT molecular complexity index is 537. The standard InChI is InChI=1S/C15H19N3O2/c16-13(18-20)15(7-4-8-15)14(19)17-12-9-11(12)10-5-2-1-3-6-10/h1-3,5-6,11-12,20H,4,7-9H2,(H2,16,18)(H,17,19). The minimum Gasteiger partial charge on any atom is -0.409 e. The molecule has 0 radical (unpaired) electrons. The summed E-state index contributed by atoms with van der Waals surface area (Å²) in [5.41, 5.74) is 6.17. The Kier molecular flexibility index (Phi) is 3.12. The zero-order chi connectivity index (χ0) is 14.2. The molecule has 2 atom stereocenters. The summed E-state index contributed by atoms with van der Waals surface area (Å²) >= 11 is 0. The highest BCUT2D eigenvalue weighted by Crippen LogP contribution is 2.45. The van der Waals surface area contributed by atoms with Gasteiger partial charge in [-0.3, -0.25) is 4.79 Å². The van der Waals surface area contributed by atoms with E-state index in [1.54, 1.807) is 0 Å². The smallest absolute Gasteiger partial charge is 0.234 e. The summed E-state index contributed by atoms with van der Waals surface area (Å²) in [6.45, 7) is 0. The summed E-state index contributed by atoms with van der Waals surface area (Å²) < 4.78 is 0. The van der Waals surface area contributed by atoms with Gasteiger partial charge in [-0.1, -0.05) is 41.9 Å². The second-order valence-corrected chi connectivity index (χ2v) is 5.75. The van der Waals surface area contributed by atoms with Gasteiger partial charge in [0.2, 0.25) is 5.91 Å². The van der Waals surface area contributed by atoms with Gasteiger partial charge in [0.25, 0.3) is 0 Å². The third kappa shape index (κ3) is 2.03. The zero-order valence-electron chi connectivity index (χ0n) is 11.2. The van der Waals surface area contributed by atoms with Crippen LogP contribution < -0.4 is 11.1 Å². The Morgan fingerprint density at radius 3 is 2.60 bits per heavy atom. The van der Waals surface area contributed by atoms with Crippen LogP contribution in [0.5, 0.6) is 0 Å². The lowest BCUT2D eigenvalue weighted by Gasteiger charge is -2.38. The molecule has 2 aliphatic carbocycles. The van der Waals surface area contributed by atoms with Crippen LogP contribution in [-0.2, 0) is 4.79 Å². The van der Waals surface area contributed by atoms with Gasteiger partial charge in [0.1, 0.15) is 5.41 Å². The maximum atomic E-state index is 12.4. The number of hydrogen-bond acceptors (Lipinski definition) is 3. The SMILES string of the molecule is N/C(=N/O)C1(C(=O)NC2CC2c2ccccc2)CCC1. The van der Waals surface area contributed by atoms with Gasteiger partial charge >= 0.3 is 0 Å². The summed E-state index contributed by atoms with van der Waals surface area (Å²) in [7, 11) is 0. The van der Waals surface area contributed by atoms with Crippen molar-refractivity contribution in [3.63, 3.8) is 0 Å². The first-order valence-corrected chi connectivity index (χ1v) is 7.01. The first-order chi connectivity index (χ1) is 9.67. The number of amides is 1. The molecule has 5 heteroatoms. The van der Waals surface area contributed by atoms with Crippen LogP contribution in [0, 0.1) is 5.41 Å². The molecule has 20 heavy (non-hydrogen) atoms. The minimum absolute atomic E-state index is 0.0400. The van der Waals surface area contributed by atoms with Crippen molar-refractivity contribution >= 4 is 11.7 Å². The van der Waals surface area contributed by atoms with Gasteiger partial charge in [0, 0.05) is 12.0 Å². The van der Waals surface area contributed by atoms with Gasteiger partial charge in [-0.05, 0) is 24.8 Å². The lowest BCUT2D eigenvalue weighted by atomic mass is 9.67. The predicted octanol–water partition coefficient (Wildman–Crippen LogP) is 1.58. The van der Waals surface area contributed by atoms with Crippen LogP contribution in [0.15, 0.2) is 35.5 Å². The van der Waals surface area contributed by atoms with E-state index in [2.05, 4.69) is 22.6 Å². The van der Waals surface area contributed by atoms with Gasteiger partial charge < -0.3 is 16.3 Å². The molecule has 2 fully saturated rings. The molecule has 0 aliphatic heterocycles. The van der Waals surface area contributed by atoms with E-state index in [-0.39, 0.29) is 17.8 Å². The average molecular weight is 273 g/mol. The number of carbonyl (C=O) groups is 1. The lowest BCUT2D eigenvalue weighted by molar-refractivity contribution is -0.131. The van der Waals surface area contributed by atoms with Crippen molar-refractivity contribution in [2.75, 3.05) is 0 Å². The maximum absolute atomic E-state index is 12.4. The van der Waals surface area contributed by atoms with Gasteiger partial charge in [0.05, 0.1) is 0 Å². The van der Waals surface area contributed by atoms with Crippen molar-refractivity contribution in [3.8, 4) is 0 Å². The molecular formula is C15H19N3O2. The average Bonchev–Trinajstić information content (AvgIpc) is 3.17. The normalized spacial score (nSPS) is 27.5.